The monoisotopic (exact) mass is 356 g/mol. The first-order chi connectivity index (χ1) is 12.2. The normalized spacial score (nSPS) is 10.5. The molecule has 6 heteroatoms. The van der Waals surface area contributed by atoms with Crippen LogP contribution in [0.15, 0.2) is 12.1 Å². The van der Waals surface area contributed by atoms with Gasteiger partial charge in [0.1, 0.15) is 0 Å². The van der Waals surface area contributed by atoms with Gasteiger partial charge >= 0.3 is 11.9 Å². The van der Waals surface area contributed by atoms with E-state index in [0.717, 1.165) is 22.5 Å². The van der Waals surface area contributed by atoms with Gasteiger partial charge < -0.3 is 9.47 Å². The molecule has 0 aliphatic heterocycles. The maximum absolute atomic E-state index is 12.1. The molecule has 0 radical (unpaired) electrons. The fourth-order valence-electron chi connectivity index (χ4n) is 2.87. The Bertz CT molecular complexity index is 741. The zero-order valence-corrected chi connectivity index (χ0v) is 16.1. The highest BCUT2D eigenvalue weighted by Crippen LogP contribution is 2.24. The third-order valence-electron chi connectivity index (χ3n) is 3.88. The Hall–Kier alpha value is -2.76. The topological polar surface area (TPSA) is 78.4 Å². The summed E-state index contributed by atoms with van der Waals surface area (Å²) in [6, 6.07) is 3.69. The zero-order valence-electron chi connectivity index (χ0n) is 16.1. The number of rotatable bonds is 5. The number of pyridine rings is 2. The number of nitrogens with zero attached hydrogens (tertiary/aromatic N) is 2. The molecule has 2 aromatic heterocycles. The molecule has 138 valence electrons. The predicted octanol–water partition coefficient (Wildman–Crippen LogP) is 3.62. The Balaban J connectivity index is 1.95. The van der Waals surface area contributed by atoms with Crippen LogP contribution < -0.4 is 9.47 Å². The Morgan fingerprint density at radius 2 is 1.08 bits per heavy atom. The van der Waals surface area contributed by atoms with Crippen LogP contribution in [0.25, 0.3) is 0 Å². The number of aromatic nitrogens is 2. The number of carbonyl (C=O) groups excluding carboxylic acids is 2. The van der Waals surface area contributed by atoms with Crippen LogP contribution in [-0.4, -0.2) is 21.9 Å². The molecule has 0 fully saturated rings. The lowest BCUT2D eigenvalue weighted by Crippen LogP contribution is -2.16. The van der Waals surface area contributed by atoms with Crippen molar-refractivity contribution in [3.8, 4) is 11.5 Å². The first-order valence-electron chi connectivity index (χ1n) is 8.48. The molecule has 0 amide bonds. The minimum atomic E-state index is -0.491. The molecule has 2 aromatic rings. The van der Waals surface area contributed by atoms with Gasteiger partial charge in [-0.3, -0.25) is 19.6 Å². The summed E-state index contributed by atoms with van der Waals surface area (Å²) >= 11 is 0. The summed E-state index contributed by atoms with van der Waals surface area (Å²) in [7, 11) is 0. The second-order valence-electron chi connectivity index (χ2n) is 6.44. The summed E-state index contributed by atoms with van der Waals surface area (Å²) in [5.41, 5.74) is 4.69. The second kappa shape index (κ2) is 8.08. The smallest absolute Gasteiger partial charge is 0.311 e. The van der Waals surface area contributed by atoms with Crippen LogP contribution in [0.4, 0.5) is 0 Å². The summed E-state index contributed by atoms with van der Waals surface area (Å²) < 4.78 is 10.7. The minimum absolute atomic E-state index is 0.0665. The molecule has 2 rings (SSSR count). The van der Waals surface area contributed by atoms with Crippen molar-refractivity contribution in [3.63, 3.8) is 0 Å². The molecule has 0 saturated carbocycles. The number of esters is 2. The van der Waals surface area contributed by atoms with Gasteiger partial charge in [0.15, 0.2) is 11.5 Å². The molecule has 0 saturated heterocycles. The maximum Gasteiger partial charge on any atom is 0.311 e. The highest BCUT2D eigenvalue weighted by molar-refractivity contribution is 5.80. The average molecular weight is 356 g/mol. The van der Waals surface area contributed by atoms with E-state index in [0.29, 0.717) is 22.9 Å². The Morgan fingerprint density at radius 3 is 1.38 bits per heavy atom. The van der Waals surface area contributed by atoms with Crippen LogP contribution in [0.3, 0.4) is 0 Å². The van der Waals surface area contributed by atoms with E-state index in [1.807, 2.05) is 39.8 Å². The van der Waals surface area contributed by atoms with E-state index in [-0.39, 0.29) is 12.8 Å². The summed E-state index contributed by atoms with van der Waals surface area (Å²) in [5, 5.41) is 0. The van der Waals surface area contributed by atoms with Crippen molar-refractivity contribution in [1.82, 2.24) is 9.97 Å². The van der Waals surface area contributed by atoms with Crippen molar-refractivity contribution in [3.05, 3.63) is 46.0 Å². The molecule has 0 bridgehead atoms. The molecule has 0 N–H and O–H groups in total. The summed E-state index contributed by atoms with van der Waals surface area (Å²) in [4.78, 5) is 32.7. The van der Waals surface area contributed by atoms with Crippen LogP contribution in [0.5, 0.6) is 11.5 Å². The van der Waals surface area contributed by atoms with Crippen LogP contribution in [0.2, 0.25) is 0 Å². The molecular formula is C20H24N2O4. The minimum Gasteiger partial charge on any atom is -0.424 e. The molecule has 0 aliphatic carbocycles. The lowest BCUT2D eigenvalue weighted by Gasteiger charge is -2.12. The fraction of sp³-hybridized carbons (Fsp3) is 0.400. The van der Waals surface area contributed by atoms with E-state index in [1.54, 1.807) is 13.8 Å². The van der Waals surface area contributed by atoms with Crippen molar-refractivity contribution < 1.29 is 19.1 Å². The number of ether oxygens (including phenoxy) is 2. The van der Waals surface area contributed by atoms with Gasteiger partial charge in [-0.1, -0.05) is 0 Å². The molecule has 0 spiro atoms. The van der Waals surface area contributed by atoms with Gasteiger partial charge in [-0.15, -0.1) is 0 Å². The van der Waals surface area contributed by atoms with Crippen molar-refractivity contribution in [2.24, 2.45) is 0 Å². The largest absolute Gasteiger partial charge is 0.424 e. The molecule has 0 aliphatic rings. The summed E-state index contributed by atoms with van der Waals surface area (Å²) in [6.07, 6.45) is -0.133. The van der Waals surface area contributed by atoms with Crippen LogP contribution >= 0.6 is 0 Å². The third kappa shape index (κ3) is 4.88. The van der Waals surface area contributed by atoms with Gasteiger partial charge in [0.05, 0.1) is 24.2 Å². The van der Waals surface area contributed by atoms with Crippen molar-refractivity contribution in [2.75, 3.05) is 0 Å². The van der Waals surface area contributed by atoms with Gasteiger partial charge in [0, 0.05) is 11.4 Å². The molecule has 0 atom stereocenters. The number of carbonyl (C=O) groups is 2. The van der Waals surface area contributed by atoms with Crippen molar-refractivity contribution >= 4 is 11.9 Å². The van der Waals surface area contributed by atoms with E-state index in [9.17, 15) is 9.59 Å². The van der Waals surface area contributed by atoms with E-state index in [1.165, 1.54) is 0 Å². The van der Waals surface area contributed by atoms with E-state index >= 15 is 0 Å². The van der Waals surface area contributed by atoms with Crippen LogP contribution in [0, 0.1) is 41.5 Å². The Labute approximate surface area is 153 Å². The highest BCUT2D eigenvalue weighted by atomic mass is 16.5. The lowest BCUT2D eigenvalue weighted by atomic mass is 10.2. The zero-order chi connectivity index (χ0) is 19.4. The standard InChI is InChI=1S/C20H24N2O4/c1-11-9-13(3)21-15(5)19(11)25-17(23)7-8-18(24)26-20-12(2)10-14(4)22-16(20)6/h9-10H,7-8H2,1-6H3. The highest BCUT2D eigenvalue weighted by Gasteiger charge is 2.16. The van der Waals surface area contributed by atoms with Gasteiger partial charge in [-0.2, -0.15) is 0 Å². The molecule has 2 heterocycles. The maximum atomic E-state index is 12.1. The van der Waals surface area contributed by atoms with Gasteiger partial charge in [-0.05, 0) is 64.8 Å². The van der Waals surface area contributed by atoms with Gasteiger partial charge in [0.25, 0.3) is 0 Å². The van der Waals surface area contributed by atoms with Gasteiger partial charge in [-0.25, -0.2) is 0 Å². The quantitative estimate of drug-likeness (QED) is 0.762. The van der Waals surface area contributed by atoms with Crippen molar-refractivity contribution in [2.45, 2.75) is 54.4 Å². The number of hydrogen-bond donors (Lipinski definition) is 0. The fourth-order valence-corrected chi connectivity index (χ4v) is 2.87. The first-order valence-corrected chi connectivity index (χ1v) is 8.48. The SMILES string of the molecule is Cc1cc(C)c(OC(=O)CCC(=O)Oc2c(C)cc(C)nc2C)c(C)n1. The van der Waals surface area contributed by atoms with E-state index < -0.39 is 11.9 Å². The van der Waals surface area contributed by atoms with Gasteiger partial charge in [0.2, 0.25) is 0 Å². The predicted molar refractivity (Wildman–Crippen MR) is 97.4 cm³/mol. The Kier molecular flexibility index (Phi) is 6.08. The average Bonchev–Trinajstić information content (AvgIpc) is 2.52. The van der Waals surface area contributed by atoms with E-state index in [4.69, 9.17) is 9.47 Å². The van der Waals surface area contributed by atoms with Crippen molar-refractivity contribution in [1.29, 1.82) is 0 Å². The number of hydrogen-bond acceptors (Lipinski definition) is 6. The lowest BCUT2D eigenvalue weighted by molar-refractivity contribution is -0.140. The van der Waals surface area contributed by atoms with Crippen LogP contribution in [-0.2, 0) is 9.59 Å². The molecule has 0 aromatic carbocycles. The second-order valence-corrected chi connectivity index (χ2v) is 6.44. The summed E-state index contributed by atoms with van der Waals surface area (Å²) in [6.45, 7) is 11.0. The number of aryl methyl sites for hydroxylation is 6. The van der Waals surface area contributed by atoms with E-state index in [2.05, 4.69) is 9.97 Å². The first kappa shape index (κ1) is 19.6. The molecule has 0 unspecified atom stereocenters. The molecule has 6 nitrogen and oxygen atoms in total. The van der Waals surface area contributed by atoms with Crippen LogP contribution in [0.1, 0.15) is 46.7 Å². The Morgan fingerprint density at radius 1 is 0.731 bits per heavy atom. The molecule has 26 heavy (non-hydrogen) atoms. The third-order valence-corrected chi connectivity index (χ3v) is 3.88. The summed E-state index contributed by atoms with van der Waals surface area (Å²) in [5.74, 6) is -0.0877. The molecular weight excluding hydrogens is 332 g/mol.